The van der Waals surface area contributed by atoms with Crippen molar-refractivity contribution in [3.05, 3.63) is 84.2 Å². The van der Waals surface area contributed by atoms with Crippen LogP contribution in [0.1, 0.15) is 11.3 Å². The molecule has 0 saturated heterocycles. The molecule has 160 valence electrons. The molecule has 0 atom stereocenters. The van der Waals surface area contributed by atoms with Crippen LogP contribution >= 0.6 is 0 Å². The first-order valence-electron chi connectivity index (χ1n) is 9.36. The Morgan fingerprint density at radius 2 is 1.81 bits per heavy atom. The molecular weight excluding hydrogens is 416 g/mol. The lowest BCUT2D eigenvalue weighted by atomic mass is 10.2. The summed E-state index contributed by atoms with van der Waals surface area (Å²) in [5.41, 5.74) is 4.16. The second-order valence-corrected chi connectivity index (χ2v) is 8.43. The van der Waals surface area contributed by atoms with Gasteiger partial charge in [-0.25, -0.2) is 13.8 Å². The first-order valence-corrected chi connectivity index (χ1v) is 10.8. The predicted octanol–water partition coefficient (Wildman–Crippen LogP) is 2.74. The predicted molar refractivity (Wildman–Crippen MR) is 119 cm³/mol. The average Bonchev–Trinajstić information content (AvgIpc) is 2.78. The van der Waals surface area contributed by atoms with Gasteiger partial charge in [-0.15, -0.1) is 0 Å². The van der Waals surface area contributed by atoms with Crippen molar-refractivity contribution in [2.24, 2.45) is 5.10 Å². The van der Waals surface area contributed by atoms with E-state index < -0.39 is 22.5 Å². The quantitative estimate of drug-likeness (QED) is 0.431. The van der Waals surface area contributed by atoms with Crippen molar-refractivity contribution in [3.63, 3.8) is 0 Å². The van der Waals surface area contributed by atoms with Crippen molar-refractivity contribution in [1.82, 2.24) is 10.4 Å². The van der Waals surface area contributed by atoms with E-state index in [2.05, 4.69) is 15.5 Å². The summed E-state index contributed by atoms with van der Waals surface area (Å²) in [4.78, 5) is 16.6. The maximum Gasteiger partial charge on any atom is 0.264 e. The van der Waals surface area contributed by atoms with Gasteiger partial charge in [-0.2, -0.15) is 5.10 Å². The van der Waals surface area contributed by atoms with Gasteiger partial charge in [-0.3, -0.25) is 14.1 Å². The van der Waals surface area contributed by atoms with Crippen LogP contribution in [-0.4, -0.2) is 39.2 Å². The van der Waals surface area contributed by atoms with Gasteiger partial charge in [0.15, 0.2) is 0 Å². The van der Waals surface area contributed by atoms with Crippen molar-refractivity contribution in [2.45, 2.75) is 11.8 Å². The number of hydrogen-bond donors (Lipinski definition) is 1. The number of carbonyl (C=O) groups is 1. The molecular formula is C22H22N4O4S. The maximum absolute atomic E-state index is 13.3. The van der Waals surface area contributed by atoms with E-state index in [1.807, 2.05) is 6.92 Å². The molecule has 2 aromatic carbocycles. The summed E-state index contributed by atoms with van der Waals surface area (Å²) in [6, 6.07) is 18.1. The molecule has 1 N–H and O–H groups in total. The Kier molecular flexibility index (Phi) is 6.99. The smallest absolute Gasteiger partial charge is 0.264 e. The molecule has 0 aliphatic carbocycles. The van der Waals surface area contributed by atoms with Crippen LogP contribution < -0.4 is 14.5 Å². The van der Waals surface area contributed by atoms with Gasteiger partial charge >= 0.3 is 0 Å². The number of sulfonamides is 1. The highest BCUT2D eigenvalue weighted by Gasteiger charge is 2.27. The zero-order valence-electron chi connectivity index (χ0n) is 17.1. The van der Waals surface area contributed by atoms with E-state index in [1.165, 1.54) is 25.5 Å². The van der Waals surface area contributed by atoms with Gasteiger partial charge in [0, 0.05) is 6.20 Å². The molecule has 0 spiro atoms. The normalized spacial score (nSPS) is 11.3. The number of nitrogens with zero attached hydrogens (tertiary/aromatic N) is 3. The van der Waals surface area contributed by atoms with Gasteiger partial charge in [0.25, 0.3) is 15.9 Å². The van der Waals surface area contributed by atoms with Crippen molar-refractivity contribution < 1.29 is 17.9 Å². The largest absolute Gasteiger partial charge is 0.497 e. The summed E-state index contributed by atoms with van der Waals surface area (Å²) in [6.07, 6.45) is 2.98. The lowest BCUT2D eigenvalue weighted by molar-refractivity contribution is -0.119. The van der Waals surface area contributed by atoms with Crippen LogP contribution in [0.15, 0.2) is 82.9 Å². The van der Waals surface area contributed by atoms with E-state index in [0.29, 0.717) is 17.1 Å². The zero-order valence-corrected chi connectivity index (χ0v) is 17.9. The summed E-state index contributed by atoms with van der Waals surface area (Å²) in [7, 11) is -2.48. The second kappa shape index (κ2) is 9.86. The molecule has 0 bridgehead atoms. The Morgan fingerprint density at radius 3 is 2.42 bits per heavy atom. The number of pyridine rings is 1. The van der Waals surface area contributed by atoms with Crippen LogP contribution in [0, 0.1) is 6.92 Å². The number of amides is 1. The highest BCUT2D eigenvalue weighted by Crippen LogP contribution is 2.25. The van der Waals surface area contributed by atoms with Crippen molar-refractivity contribution in [2.75, 3.05) is 18.0 Å². The van der Waals surface area contributed by atoms with Gasteiger partial charge in [-0.1, -0.05) is 23.8 Å². The molecule has 0 aliphatic heterocycles. The SMILES string of the molecule is COc1ccc(N(CC(=O)N/N=C/c2ccccn2)S(=O)(=O)c2ccc(C)cc2)cc1. The van der Waals surface area contributed by atoms with Crippen LogP contribution in [0.4, 0.5) is 5.69 Å². The van der Waals surface area contributed by atoms with E-state index >= 15 is 0 Å². The first kappa shape index (κ1) is 22.0. The van der Waals surface area contributed by atoms with Crippen LogP contribution in [0.25, 0.3) is 0 Å². The standard InChI is InChI=1S/C22H22N4O4S/c1-17-6-12-21(13-7-17)31(28,29)26(19-8-10-20(30-2)11-9-19)16-22(27)25-24-15-18-5-3-4-14-23-18/h3-15H,16H2,1-2H3,(H,25,27)/b24-15+. The molecule has 3 rings (SSSR count). The summed E-state index contributed by atoms with van der Waals surface area (Å²) < 4.78 is 32.8. The number of methoxy groups -OCH3 is 1. The lowest BCUT2D eigenvalue weighted by Gasteiger charge is -2.24. The third-order valence-electron chi connectivity index (χ3n) is 4.33. The minimum absolute atomic E-state index is 0.0821. The molecule has 31 heavy (non-hydrogen) atoms. The molecule has 0 aliphatic rings. The molecule has 1 heterocycles. The number of rotatable bonds is 8. The van der Waals surface area contributed by atoms with E-state index in [9.17, 15) is 13.2 Å². The van der Waals surface area contributed by atoms with Gasteiger partial charge < -0.3 is 4.74 Å². The fourth-order valence-electron chi connectivity index (χ4n) is 2.69. The van der Waals surface area contributed by atoms with Crippen LogP contribution in [0.2, 0.25) is 0 Å². The molecule has 0 radical (unpaired) electrons. The summed E-state index contributed by atoms with van der Waals surface area (Å²) >= 11 is 0. The lowest BCUT2D eigenvalue weighted by Crippen LogP contribution is -2.39. The molecule has 0 unspecified atom stereocenters. The number of nitrogens with one attached hydrogen (secondary N) is 1. The van der Waals surface area contributed by atoms with Crippen molar-refractivity contribution in [1.29, 1.82) is 0 Å². The molecule has 1 amide bonds. The Hall–Kier alpha value is -3.72. The Balaban J connectivity index is 1.85. The van der Waals surface area contributed by atoms with E-state index in [-0.39, 0.29) is 4.90 Å². The van der Waals surface area contributed by atoms with Crippen LogP contribution in [0.5, 0.6) is 5.75 Å². The number of aryl methyl sites for hydroxylation is 1. The fraction of sp³-hybridized carbons (Fsp3) is 0.136. The van der Waals surface area contributed by atoms with Crippen molar-refractivity contribution >= 4 is 27.8 Å². The molecule has 1 aromatic heterocycles. The third-order valence-corrected chi connectivity index (χ3v) is 6.12. The number of carbonyl (C=O) groups excluding carboxylic acids is 1. The number of hydrogen-bond acceptors (Lipinski definition) is 6. The Labute approximate surface area is 181 Å². The minimum atomic E-state index is -4.00. The maximum atomic E-state index is 13.3. The number of anilines is 1. The number of ether oxygens (including phenoxy) is 1. The van der Waals surface area contributed by atoms with E-state index in [1.54, 1.807) is 60.8 Å². The fourth-order valence-corrected chi connectivity index (χ4v) is 4.11. The van der Waals surface area contributed by atoms with E-state index in [0.717, 1.165) is 9.87 Å². The van der Waals surface area contributed by atoms with Gasteiger partial charge in [0.2, 0.25) is 0 Å². The summed E-state index contributed by atoms with van der Waals surface area (Å²) in [6.45, 7) is 1.41. The van der Waals surface area contributed by atoms with Gasteiger partial charge in [-0.05, 0) is 55.5 Å². The third kappa shape index (κ3) is 5.67. The highest BCUT2D eigenvalue weighted by molar-refractivity contribution is 7.92. The van der Waals surface area contributed by atoms with E-state index in [4.69, 9.17) is 4.74 Å². The topological polar surface area (TPSA) is 101 Å². The zero-order chi connectivity index (χ0) is 22.3. The first-order chi connectivity index (χ1) is 14.9. The monoisotopic (exact) mass is 438 g/mol. The molecule has 0 saturated carbocycles. The molecule has 9 heteroatoms. The second-order valence-electron chi connectivity index (χ2n) is 6.57. The van der Waals surface area contributed by atoms with Gasteiger partial charge in [0.1, 0.15) is 12.3 Å². The van der Waals surface area contributed by atoms with Crippen molar-refractivity contribution in [3.8, 4) is 5.75 Å². The summed E-state index contributed by atoms with van der Waals surface area (Å²) in [5.74, 6) is -0.0282. The van der Waals surface area contributed by atoms with Crippen LogP contribution in [-0.2, 0) is 14.8 Å². The number of aromatic nitrogens is 1. The molecule has 8 nitrogen and oxygen atoms in total. The summed E-state index contributed by atoms with van der Waals surface area (Å²) in [5, 5.41) is 3.85. The number of hydrazone groups is 1. The average molecular weight is 439 g/mol. The Bertz CT molecular complexity index is 1150. The van der Waals surface area contributed by atoms with Gasteiger partial charge in [0.05, 0.1) is 29.6 Å². The highest BCUT2D eigenvalue weighted by atomic mass is 32.2. The molecule has 0 fully saturated rings. The van der Waals surface area contributed by atoms with Crippen LogP contribution in [0.3, 0.4) is 0 Å². The minimum Gasteiger partial charge on any atom is -0.497 e. The number of benzene rings is 2. The Morgan fingerprint density at radius 1 is 1.10 bits per heavy atom. The molecule has 3 aromatic rings.